The number of hydrogen-bond acceptors (Lipinski definition) is 3. The molecule has 0 unspecified atom stereocenters. The molecule has 0 aliphatic carbocycles. The fraction of sp³-hybridized carbons (Fsp3) is 0.385. The van der Waals surface area contributed by atoms with Gasteiger partial charge in [0.2, 0.25) is 12.3 Å². The van der Waals surface area contributed by atoms with Crippen LogP contribution in [0.2, 0.25) is 5.02 Å². The van der Waals surface area contributed by atoms with Crippen molar-refractivity contribution in [3.63, 3.8) is 0 Å². The zero-order valence-corrected chi connectivity index (χ0v) is 11.3. The van der Waals surface area contributed by atoms with Gasteiger partial charge >= 0.3 is 0 Å². The molecular formula is C13H16ClN3O2. The molecule has 5 nitrogen and oxygen atoms in total. The summed E-state index contributed by atoms with van der Waals surface area (Å²) < 4.78 is 0. The zero-order chi connectivity index (χ0) is 13.7. The lowest BCUT2D eigenvalue weighted by Crippen LogP contribution is -2.48. The van der Waals surface area contributed by atoms with Gasteiger partial charge in [-0.05, 0) is 18.2 Å². The molecule has 1 aliphatic heterocycles. The normalized spacial score (nSPS) is 16.2. The molecule has 102 valence electrons. The molecule has 0 atom stereocenters. The molecule has 2 rings (SSSR count). The summed E-state index contributed by atoms with van der Waals surface area (Å²) in [4.78, 5) is 26.2. The van der Waals surface area contributed by atoms with Crippen LogP contribution in [-0.4, -0.2) is 54.8 Å². The van der Waals surface area contributed by atoms with Crippen molar-refractivity contribution in [3.05, 3.63) is 29.3 Å². The van der Waals surface area contributed by atoms with Crippen molar-refractivity contribution >= 4 is 29.6 Å². The number of nitrogens with one attached hydrogen (secondary N) is 1. The molecule has 1 saturated heterocycles. The average Bonchev–Trinajstić information content (AvgIpc) is 2.39. The van der Waals surface area contributed by atoms with E-state index < -0.39 is 0 Å². The Morgan fingerprint density at radius 1 is 1.32 bits per heavy atom. The highest BCUT2D eigenvalue weighted by molar-refractivity contribution is 6.30. The Hall–Kier alpha value is -1.59. The van der Waals surface area contributed by atoms with E-state index in [1.54, 1.807) is 29.2 Å². The summed E-state index contributed by atoms with van der Waals surface area (Å²) in [6, 6.07) is 7.06. The molecule has 6 heteroatoms. The second-order valence-corrected chi connectivity index (χ2v) is 4.91. The second-order valence-electron chi connectivity index (χ2n) is 4.48. The zero-order valence-electron chi connectivity index (χ0n) is 10.5. The quantitative estimate of drug-likeness (QED) is 0.840. The van der Waals surface area contributed by atoms with Gasteiger partial charge in [-0.2, -0.15) is 0 Å². The van der Waals surface area contributed by atoms with E-state index >= 15 is 0 Å². The van der Waals surface area contributed by atoms with Gasteiger partial charge in [-0.1, -0.05) is 17.7 Å². The average molecular weight is 282 g/mol. The molecule has 0 bridgehead atoms. The predicted octanol–water partition coefficient (Wildman–Crippen LogP) is 1.05. The van der Waals surface area contributed by atoms with Crippen LogP contribution in [0.15, 0.2) is 24.3 Å². The van der Waals surface area contributed by atoms with Crippen molar-refractivity contribution in [1.29, 1.82) is 0 Å². The fourth-order valence-electron chi connectivity index (χ4n) is 2.00. The standard InChI is InChI=1S/C13H16ClN3O2/c14-11-2-1-3-12(8-11)15-13(19)9-16-4-6-17(10-18)7-5-16/h1-3,8,10H,4-7,9H2,(H,15,19). The summed E-state index contributed by atoms with van der Waals surface area (Å²) in [6.07, 6.45) is 0.851. The SMILES string of the molecule is O=CN1CCN(CC(=O)Nc2cccc(Cl)c2)CC1. The Morgan fingerprint density at radius 3 is 2.68 bits per heavy atom. The van der Waals surface area contributed by atoms with E-state index in [0.717, 1.165) is 19.5 Å². The summed E-state index contributed by atoms with van der Waals surface area (Å²) in [5.74, 6) is -0.0678. The monoisotopic (exact) mass is 281 g/mol. The van der Waals surface area contributed by atoms with Crippen LogP contribution < -0.4 is 5.32 Å². The molecule has 0 aromatic heterocycles. The number of rotatable bonds is 4. The number of anilines is 1. The van der Waals surface area contributed by atoms with Crippen LogP contribution in [0.4, 0.5) is 5.69 Å². The van der Waals surface area contributed by atoms with Crippen LogP contribution in [0.25, 0.3) is 0 Å². The van der Waals surface area contributed by atoms with Crippen molar-refractivity contribution in [3.8, 4) is 0 Å². The first-order chi connectivity index (χ1) is 9.17. The Labute approximate surface area is 117 Å². The molecule has 1 fully saturated rings. The maximum Gasteiger partial charge on any atom is 0.238 e. The minimum absolute atomic E-state index is 0.0678. The molecule has 0 saturated carbocycles. The lowest BCUT2D eigenvalue weighted by atomic mass is 10.3. The number of amides is 2. The van der Waals surface area contributed by atoms with Gasteiger partial charge in [0.1, 0.15) is 0 Å². The number of nitrogens with zero attached hydrogens (tertiary/aromatic N) is 2. The summed E-state index contributed by atoms with van der Waals surface area (Å²) >= 11 is 5.85. The van der Waals surface area contributed by atoms with Gasteiger partial charge in [0.05, 0.1) is 6.54 Å². The molecule has 0 radical (unpaired) electrons. The number of hydrogen-bond donors (Lipinski definition) is 1. The van der Waals surface area contributed by atoms with E-state index in [2.05, 4.69) is 5.32 Å². The third kappa shape index (κ3) is 4.22. The Morgan fingerprint density at radius 2 is 2.05 bits per heavy atom. The van der Waals surface area contributed by atoms with Gasteiger partial charge in [-0.15, -0.1) is 0 Å². The second kappa shape index (κ2) is 6.54. The van der Waals surface area contributed by atoms with Gasteiger partial charge in [0, 0.05) is 36.9 Å². The van der Waals surface area contributed by atoms with Gasteiger partial charge < -0.3 is 10.2 Å². The molecule has 1 aromatic rings. The highest BCUT2D eigenvalue weighted by Crippen LogP contribution is 2.14. The van der Waals surface area contributed by atoms with Crippen LogP contribution in [0.3, 0.4) is 0 Å². The Kier molecular flexibility index (Phi) is 4.76. The van der Waals surface area contributed by atoms with Crippen molar-refractivity contribution in [1.82, 2.24) is 9.80 Å². The molecule has 1 aliphatic rings. The first-order valence-electron chi connectivity index (χ1n) is 6.14. The number of benzene rings is 1. The Bertz CT molecular complexity index is 459. The van der Waals surface area contributed by atoms with Gasteiger partial charge in [-0.3, -0.25) is 14.5 Å². The van der Waals surface area contributed by atoms with Crippen molar-refractivity contribution in [2.24, 2.45) is 0 Å². The molecule has 19 heavy (non-hydrogen) atoms. The van der Waals surface area contributed by atoms with E-state index in [-0.39, 0.29) is 5.91 Å². The first kappa shape index (κ1) is 13.8. The van der Waals surface area contributed by atoms with E-state index in [1.807, 2.05) is 4.90 Å². The van der Waals surface area contributed by atoms with Crippen LogP contribution in [0.5, 0.6) is 0 Å². The smallest absolute Gasteiger partial charge is 0.238 e. The highest BCUT2D eigenvalue weighted by atomic mass is 35.5. The first-order valence-corrected chi connectivity index (χ1v) is 6.52. The molecular weight excluding hydrogens is 266 g/mol. The van der Waals surface area contributed by atoms with E-state index in [0.29, 0.717) is 30.3 Å². The molecule has 0 spiro atoms. The van der Waals surface area contributed by atoms with Gasteiger partial charge in [-0.25, -0.2) is 0 Å². The van der Waals surface area contributed by atoms with Gasteiger partial charge in [0.25, 0.3) is 0 Å². The highest BCUT2D eigenvalue weighted by Gasteiger charge is 2.17. The summed E-state index contributed by atoms with van der Waals surface area (Å²) in [6.45, 7) is 3.13. The third-order valence-electron chi connectivity index (χ3n) is 3.03. The van der Waals surface area contributed by atoms with Crippen LogP contribution >= 0.6 is 11.6 Å². The van der Waals surface area contributed by atoms with E-state index in [9.17, 15) is 9.59 Å². The maximum atomic E-state index is 11.9. The number of carbonyl (C=O) groups is 2. The number of halogens is 1. The van der Waals surface area contributed by atoms with Crippen LogP contribution in [0, 0.1) is 0 Å². The molecule has 1 aromatic carbocycles. The number of piperazine rings is 1. The topological polar surface area (TPSA) is 52.7 Å². The predicted molar refractivity (Wildman–Crippen MR) is 74.2 cm³/mol. The van der Waals surface area contributed by atoms with Crippen molar-refractivity contribution in [2.75, 3.05) is 38.0 Å². The minimum atomic E-state index is -0.0678. The van der Waals surface area contributed by atoms with Gasteiger partial charge in [0.15, 0.2) is 0 Å². The lowest BCUT2D eigenvalue weighted by Gasteiger charge is -2.31. The van der Waals surface area contributed by atoms with Crippen LogP contribution in [0.1, 0.15) is 0 Å². The van der Waals surface area contributed by atoms with Crippen molar-refractivity contribution < 1.29 is 9.59 Å². The van der Waals surface area contributed by atoms with E-state index in [1.165, 1.54) is 0 Å². The largest absolute Gasteiger partial charge is 0.343 e. The third-order valence-corrected chi connectivity index (χ3v) is 3.27. The molecule has 2 amide bonds. The van der Waals surface area contributed by atoms with E-state index in [4.69, 9.17) is 11.6 Å². The molecule has 1 heterocycles. The summed E-state index contributed by atoms with van der Waals surface area (Å²) in [7, 11) is 0. The summed E-state index contributed by atoms with van der Waals surface area (Å²) in [5, 5.41) is 3.40. The minimum Gasteiger partial charge on any atom is -0.343 e. The van der Waals surface area contributed by atoms with Crippen molar-refractivity contribution in [2.45, 2.75) is 0 Å². The van der Waals surface area contributed by atoms with Crippen LogP contribution in [-0.2, 0) is 9.59 Å². The Balaban J connectivity index is 1.80. The fourth-order valence-corrected chi connectivity index (χ4v) is 2.19. The number of carbonyl (C=O) groups excluding carboxylic acids is 2. The summed E-state index contributed by atoms with van der Waals surface area (Å²) in [5.41, 5.74) is 0.698. The molecule has 1 N–H and O–H groups in total. The maximum absolute atomic E-state index is 11.9. The lowest BCUT2D eigenvalue weighted by molar-refractivity contribution is -0.120.